The van der Waals surface area contributed by atoms with Crippen LogP contribution in [-0.2, 0) is 0 Å². The Kier molecular flexibility index (Phi) is 2.41. The van der Waals surface area contributed by atoms with Gasteiger partial charge in [-0.25, -0.2) is 0 Å². The second-order valence-corrected chi connectivity index (χ2v) is 3.45. The van der Waals surface area contributed by atoms with Crippen molar-refractivity contribution >= 4 is 0 Å². The summed E-state index contributed by atoms with van der Waals surface area (Å²) < 4.78 is 0. The third-order valence-corrected chi connectivity index (χ3v) is 2.52. The van der Waals surface area contributed by atoms with E-state index in [4.69, 9.17) is 0 Å². The van der Waals surface area contributed by atoms with E-state index < -0.39 is 0 Å². The normalized spacial score (nSPS) is 23.3. The highest BCUT2D eigenvalue weighted by Gasteiger charge is 2.16. The molecular weight excluding hydrogens is 160 g/mol. The Morgan fingerprint density at radius 1 is 1.46 bits per heavy atom. The molecule has 1 aliphatic heterocycles. The molecule has 2 heterocycles. The highest BCUT2D eigenvalue weighted by Crippen LogP contribution is 2.24. The van der Waals surface area contributed by atoms with Gasteiger partial charge >= 0.3 is 0 Å². The largest absolute Gasteiger partial charge is 0.295 e. The minimum absolute atomic E-state index is 0.513. The van der Waals surface area contributed by atoms with Crippen LogP contribution in [0, 0.1) is 0 Å². The van der Waals surface area contributed by atoms with E-state index in [1.807, 2.05) is 18.5 Å². The van der Waals surface area contributed by atoms with E-state index in [-0.39, 0.29) is 0 Å². The predicted molar refractivity (Wildman–Crippen MR) is 53.4 cm³/mol. The van der Waals surface area contributed by atoms with Gasteiger partial charge in [-0.1, -0.05) is 18.2 Å². The Hall–Kier alpha value is -1.15. The first kappa shape index (κ1) is 8.45. The average Bonchev–Trinajstić information content (AvgIpc) is 2.20. The summed E-state index contributed by atoms with van der Waals surface area (Å²) in [5.41, 5.74) is 1.31. The molecule has 0 bridgehead atoms. The lowest BCUT2D eigenvalue weighted by molar-refractivity contribution is 0.260. The lowest BCUT2D eigenvalue weighted by Crippen LogP contribution is -2.26. The molecule has 0 N–H and O–H groups in total. The topological polar surface area (TPSA) is 16.1 Å². The Morgan fingerprint density at radius 2 is 2.38 bits per heavy atom. The van der Waals surface area contributed by atoms with Crippen molar-refractivity contribution in [3.63, 3.8) is 0 Å². The van der Waals surface area contributed by atoms with E-state index in [1.54, 1.807) is 0 Å². The zero-order valence-electron chi connectivity index (χ0n) is 7.85. The third kappa shape index (κ3) is 1.78. The van der Waals surface area contributed by atoms with Crippen molar-refractivity contribution in [2.75, 3.05) is 13.6 Å². The molecule has 0 radical (unpaired) electrons. The van der Waals surface area contributed by atoms with Crippen LogP contribution in [0.1, 0.15) is 18.0 Å². The molecule has 1 aliphatic rings. The van der Waals surface area contributed by atoms with Crippen molar-refractivity contribution in [2.45, 2.75) is 12.5 Å². The van der Waals surface area contributed by atoms with Gasteiger partial charge in [-0.3, -0.25) is 9.88 Å². The molecule has 0 saturated heterocycles. The fourth-order valence-electron chi connectivity index (χ4n) is 1.74. The summed E-state index contributed by atoms with van der Waals surface area (Å²) in [5, 5.41) is 0. The fourth-order valence-corrected chi connectivity index (χ4v) is 1.74. The van der Waals surface area contributed by atoms with Gasteiger partial charge in [-0.2, -0.15) is 0 Å². The van der Waals surface area contributed by atoms with Crippen molar-refractivity contribution in [3.05, 3.63) is 42.2 Å². The van der Waals surface area contributed by atoms with Crippen LogP contribution in [-0.4, -0.2) is 23.5 Å². The molecule has 13 heavy (non-hydrogen) atoms. The van der Waals surface area contributed by atoms with Gasteiger partial charge < -0.3 is 0 Å². The van der Waals surface area contributed by atoms with E-state index in [9.17, 15) is 0 Å². The first-order valence-corrected chi connectivity index (χ1v) is 4.63. The molecule has 1 aromatic rings. The highest BCUT2D eigenvalue weighted by molar-refractivity contribution is 5.17. The summed E-state index contributed by atoms with van der Waals surface area (Å²) >= 11 is 0. The van der Waals surface area contributed by atoms with Gasteiger partial charge in [0.05, 0.1) is 0 Å². The summed E-state index contributed by atoms with van der Waals surface area (Å²) in [7, 11) is 2.15. The Bertz CT molecular complexity index is 292. The SMILES string of the molecule is CN1CC=CC[C@H]1c1cccnc1. The molecule has 1 atom stereocenters. The molecule has 0 saturated carbocycles. The summed E-state index contributed by atoms with van der Waals surface area (Å²) in [6, 6.07) is 4.66. The van der Waals surface area contributed by atoms with Crippen LogP contribution in [0.25, 0.3) is 0 Å². The molecule has 0 fully saturated rings. The maximum absolute atomic E-state index is 4.14. The minimum Gasteiger partial charge on any atom is -0.295 e. The lowest BCUT2D eigenvalue weighted by atomic mass is 10.0. The first-order valence-electron chi connectivity index (χ1n) is 4.63. The molecule has 2 nitrogen and oxygen atoms in total. The van der Waals surface area contributed by atoms with Crippen LogP contribution < -0.4 is 0 Å². The van der Waals surface area contributed by atoms with E-state index in [1.165, 1.54) is 5.56 Å². The molecular formula is C11H14N2. The second-order valence-electron chi connectivity index (χ2n) is 3.45. The molecule has 68 valence electrons. The van der Waals surface area contributed by atoms with E-state index >= 15 is 0 Å². The standard InChI is InChI=1S/C11H14N2/c1-13-8-3-2-6-11(13)10-5-4-7-12-9-10/h2-5,7,9,11H,6,8H2,1H3/t11-/m0/s1. The Morgan fingerprint density at radius 3 is 3.08 bits per heavy atom. The number of likely N-dealkylation sites (N-methyl/N-ethyl adjacent to an activating group) is 1. The molecule has 0 spiro atoms. The number of hydrogen-bond acceptors (Lipinski definition) is 2. The van der Waals surface area contributed by atoms with Crippen molar-refractivity contribution in [1.82, 2.24) is 9.88 Å². The lowest BCUT2D eigenvalue weighted by Gasteiger charge is -2.29. The molecule has 0 amide bonds. The maximum atomic E-state index is 4.14. The Labute approximate surface area is 78.9 Å². The average molecular weight is 174 g/mol. The maximum Gasteiger partial charge on any atom is 0.0398 e. The molecule has 2 heteroatoms. The first-order chi connectivity index (χ1) is 6.38. The monoisotopic (exact) mass is 174 g/mol. The van der Waals surface area contributed by atoms with Crippen LogP contribution in [0.4, 0.5) is 0 Å². The van der Waals surface area contributed by atoms with E-state index in [0.717, 1.165) is 13.0 Å². The zero-order chi connectivity index (χ0) is 9.10. The van der Waals surface area contributed by atoms with Gasteiger partial charge in [0, 0.05) is 25.0 Å². The van der Waals surface area contributed by atoms with Gasteiger partial charge in [0.2, 0.25) is 0 Å². The third-order valence-electron chi connectivity index (χ3n) is 2.52. The number of nitrogens with zero attached hydrogens (tertiary/aromatic N) is 2. The van der Waals surface area contributed by atoms with Crippen molar-refractivity contribution < 1.29 is 0 Å². The van der Waals surface area contributed by atoms with Gasteiger partial charge in [-0.05, 0) is 25.1 Å². The van der Waals surface area contributed by atoms with Crippen LogP contribution in [0.2, 0.25) is 0 Å². The number of pyridine rings is 1. The van der Waals surface area contributed by atoms with Crippen molar-refractivity contribution in [2.24, 2.45) is 0 Å². The number of rotatable bonds is 1. The second kappa shape index (κ2) is 3.71. The molecule has 0 aromatic carbocycles. The molecule has 2 rings (SSSR count). The van der Waals surface area contributed by atoms with Gasteiger partial charge in [-0.15, -0.1) is 0 Å². The van der Waals surface area contributed by atoms with Crippen LogP contribution in [0.15, 0.2) is 36.7 Å². The van der Waals surface area contributed by atoms with Gasteiger partial charge in [0.15, 0.2) is 0 Å². The summed E-state index contributed by atoms with van der Waals surface area (Å²) in [6.45, 7) is 1.04. The van der Waals surface area contributed by atoms with Gasteiger partial charge in [0.25, 0.3) is 0 Å². The van der Waals surface area contributed by atoms with Crippen LogP contribution >= 0.6 is 0 Å². The summed E-state index contributed by atoms with van der Waals surface area (Å²) in [6.07, 6.45) is 9.34. The van der Waals surface area contributed by atoms with Gasteiger partial charge in [0.1, 0.15) is 0 Å². The minimum atomic E-state index is 0.513. The smallest absolute Gasteiger partial charge is 0.0398 e. The molecule has 1 aromatic heterocycles. The van der Waals surface area contributed by atoms with E-state index in [2.05, 4.69) is 35.1 Å². The molecule has 0 aliphatic carbocycles. The quantitative estimate of drug-likeness (QED) is 0.605. The van der Waals surface area contributed by atoms with Crippen molar-refractivity contribution in [1.29, 1.82) is 0 Å². The Balaban J connectivity index is 2.21. The summed E-state index contributed by atoms with van der Waals surface area (Å²) in [5.74, 6) is 0. The highest BCUT2D eigenvalue weighted by atomic mass is 15.1. The van der Waals surface area contributed by atoms with Crippen LogP contribution in [0.3, 0.4) is 0 Å². The fraction of sp³-hybridized carbons (Fsp3) is 0.364. The molecule has 0 unspecified atom stereocenters. The van der Waals surface area contributed by atoms with Crippen LogP contribution in [0.5, 0.6) is 0 Å². The summed E-state index contributed by atoms with van der Waals surface area (Å²) in [4.78, 5) is 6.49. The number of aromatic nitrogens is 1. The predicted octanol–water partition coefficient (Wildman–Crippen LogP) is 2.01. The zero-order valence-corrected chi connectivity index (χ0v) is 7.85. The number of hydrogen-bond donors (Lipinski definition) is 0. The van der Waals surface area contributed by atoms with E-state index in [0.29, 0.717) is 6.04 Å². The van der Waals surface area contributed by atoms with Crippen molar-refractivity contribution in [3.8, 4) is 0 Å².